The summed E-state index contributed by atoms with van der Waals surface area (Å²) < 4.78 is 11.9. The number of rotatable bonds is 4. The molecule has 5 nitrogen and oxygen atoms in total. The summed E-state index contributed by atoms with van der Waals surface area (Å²) in [6.07, 6.45) is 6.51. The number of hydrogen-bond donors (Lipinski definition) is 1. The van der Waals surface area contributed by atoms with Crippen molar-refractivity contribution in [1.29, 1.82) is 0 Å². The first-order valence-electron chi connectivity index (χ1n) is 11.5. The van der Waals surface area contributed by atoms with Gasteiger partial charge in [0.05, 0.1) is 11.8 Å². The van der Waals surface area contributed by atoms with Crippen LogP contribution in [0.25, 0.3) is 10.9 Å². The zero-order valence-corrected chi connectivity index (χ0v) is 20.0. The monoisotopic (exact) mass is 441 g/mol. The summed E-state index contributed by atoms with van der Waals surface area (Å²) in [5.74, 6) is 1.15. The molecule has 0 spiro atoms. The SMILES string of the molecule is Cc1cccc2ccc(N3CC[C@H](C(=O)N[C@H]4CCC[C@H]([S+](C)[O-])C4)C(C)(C)C3)nc12. The van der Waals surface area contributed by atoms with Crippen LogP contribution in [0.4, 0.5) is 5.82 Å². The lowest BCUT2D eigenvalue weighted by atomic mass is 9.73. The molecule has 2 aliphatic rings. The molecule has 1 unspecified atom stereocenters. The average molecular weight is 442 g/mol. The molecule has 4 atom stereocenters. The van der Waals surface area contributed by atoms with Crippen LogP contribution in [0.2, 0.25) is 0 Å². The fourth-order valence-electron chi connectivity index (χ4n) is 5.38. The van der Waals surface area contributed by atoms with Crippen LogP contribution in [0.5, 0.6) is 0 Å². The van der Waals surface area contributed by atoms with E-state index in [1.165, 1.54) is 5.56 Å². The number of carbonyl (C=O) groups is 1. The van der Waals surface area contributed by atoms with Gasteiger partial charge in [0.2, 0.25) is 5.91 Å². The minimum Gasteiger partial charge on any atom is -0.616 e. The number of nitrogens with one attached hydrogen (secondary N) is 1. The molecule has 0 radical (unpaired) electrons. The Morgan fingerprint density at radius 2 is 2.03 bits per heavy atom. The van der Waals surface area contributed by atoms with Crippen molar-refractivity contribution in [3.05, 3.63) is 35.9 Å². The number of pyridine rings is 1. The van der Waals surface area contributed by atoms with Gasteiger partial charge < -0.3 is 14.8 Å². The number of aromatic nitrogens is 1. The van der Waals surface area contributed by atoms with E-state index >= 15 is 0 Å². The zero-order chi connectivity index (χ0) is 22.2. The van der Waals surface area contributed by atoms with E-state index in [0.717, 1.165) is 61.9 Å². The number of piperidine rings is 1. The molecule has 1 saturated heterocycles. The first-order chi connectivity index (χ1) is 14.7. The van der Waals surface area contributed by atoms with Gasteiger partial charge in [-0.3, -0.25) is 4.79 Å². The molecule has 1 aromatic carbocycles. The number of amides is 1. The molecule has 6 heteroatoms. The number of anilines is 1. The summed E-state index contributed by atoms with van der Waals surface area (Å²) in [6, 6.07) is 10.7. The number of nitrogens with zero attached hydrogens (tertiary/aromatic N) is 2. The van der Waals surface area contributed by atoms with Crippen LogP contribution in [0.15, 0.2) is 30.3 Å². The maximum atomic E-state index is 13.2. The highest BCUT2D eigenvalue weighted by Gasteiger charge is 2.41. The minimum absolute atomic E-state index is 0.0153. The van der Waals surface area contributed by atoms with E-state index in [1.54, 1.807) is 6.26 Å². The molecule has 2 heterocycles. The number of para-hydroxylation sites is 1. The van der Waals surface area contributed by atoms with E-state index in [4.69, 9.17) is 4.98 Å². The molecule has 1 amide bonds. The van der Waals surface area contributed by atoms with Gasteiger partial charge in [0, 0.05) is 36.9 Å². The van der Waals surface area contributed by atoms with Gasteiger partial charge in [0.15, 0.2) is 0 Å². The van der Waals surface area contributed by atoms with E-state index < -0.39 is 11.2 Å². The van der Waals surface area contributed by atoms with Crippen molar-refractivity contribution in [2.45, 2.75) is 64.2 Å². The maximum absolute atomic E-state index is 13.2. The van der Waals surface area contributed by atoms with E-state index in [9.17, 15) is 9.35 Å². The highest BCUT2D eigenvalue weighted by Crippen LogP contribution is 2.37. The minimum atomic E-state index is -0.810. The molecular formula is C25H35N3O2S. The summed E-state index contributed by atoms with van der Waals surface area (Å²) in [4.78, 5) is 20.5. The van der Waals surface area contributed by atoms with E-state index in [1.807, 2.05) is 0 Å². The standard InChI is InChI=1S/C25H35N3O2S/c1-17-7-5-8-18-11-12-22(27-23(17)18)28-14-13-21(25(2,3)16-28)24(29)26-19-9-6-10-20(15-19)31(4)30/h5,7-8,11-12,19-21H,6,9-10,13-16H2,1-4H3,(H,26,29)/t19-,20-,21+,31?/m0/s1. The molecular weight excluding hydrogens is 406 g/mol. The summed E-state index contributed by atoms with van der Waals surface area (Å²) in [7, 11) is 0. The highest BCUT2D eigenvalue weighted by atomic mass is 32.2. The molecule has 1 aliphatic carbocycles. The number of benzene rings is 1. The Bertz CT molecular complexity index is 946. The first-order valence-corrected chi connectivity index (χ1v) is 13.1. The lowest BCUT2D eigenvalue weighted by Crippen LogP contribution is -2.53. The number of hydrogen-bond acceptors (Lipinski definition) is 4. The Labute approximate surface area is 189 Å². The predicted molar refractivity (Wildman–Crippen MR) is 129 cm³/mol. The third-order valence-corrected chi connectivity index (χ3v) is 8.59. The van der Waals surface area contributed by atoms with E-state index in [2.05, 4.69) is 61.3 Å². The second-order valence-electron chi connectivity index (χ2n) is 10.1. The van der Waals surface area contributed by atoms with Crippen molar-refractivity contribution in [3.8, 4) is 0 Å². The highest BCUT2D eigenvalue weighted by molar-refractivity contribution is 7.91. The van der Waals surface area contributed by atoms with Gasteiger partial charge in [-0.05, 0) is 55.7 Å². The zero-order valence-electron chi connectivity index (χ0n) is 19.2. The lowest BCUT2D eigenvalue weighted by molar-refractivity contribution is -0.130. The Morgan fingerprint density at radius 1 is 1.23 bits per heavy atom. The Kier molecular flexibility index (Phi) is 6.50. The van der Waals surface area contributed by atoms with Crippen LogP contribution >= 0.6 is 0 Å². The van der Waals surface area contributed by atoms with Crippen molar-refractivity contribution in [1.82, 2.24) is 10.3 Å². The fraction of sp³-hybridized carbons (Fsp3) is 0.600. The maximum Gasteiger partial charge on any atom is 0.224 e. The predicted octanol–water partition coefficient (Wildman–Crippen LogP) is 4.20. The Balaban J connectivity index is 1.43. The summed E-state index contributed by atoms with van der Waals surface area (Å²) in [5, 5.41) is 4.69. The van der Waals surface area contributed by atoms with Crippen molar-refractivity contribution in [2.24, 2.45) is 11.3 Å². The molecule has 4 rings (SSSR count). The molecule has 1 aromatic heterocycles. The van der Waals surface area contributed by atoms with Crippen molar-refractivity contribution in [3.63, 3.8) is 0 Å². The van der Waals surface area contributed by atoms with Crippen molar-refractivity contribution in [2.75, 3.05) is 24.2 Å². The van der Waals surface area contributed by atoms with Crippen molar-refractivity contribution >= 4 is 33.8 Å². The van der Waals surface area contributed by atoms with Gasteiger partial charge in [-0.15, -0.1) is 0 Å². The molecule has 1 saturated carbocycles. The van der Waals surface area contributed by atoms with Crippen LogP contribution in [0.3, 0.4) is 0 Å². The van der Waals surface area contributed by atoms with Crippen LogP contribution in [-0.2, 0) is 16.0 Å². The molecule has 1 N–H and O–H groups in total. The third kappa shape index (κ3) is 4.85. The largest absolute Gasteiger partial charge is 0.616 e. The number of carbonyl (C=O) groups excluding carboxylic acids is 1. The fourth-order valence-corrected chi connectivity index (χ4v) is 6.38. The van der Waals surface area contributed by atoms with Crippen LogP contribution in [-0.4, -0.2) is 46.1 Å². The van der Waals surface area contributed by atoms with E-state index in [-0.39, 0.29) is 28.5 Å². The summed E-state index contributed by atoms with van der Waals surface area (Å²) >= 11 is -0.810. The van der Waals surface area contributed by atoms with Crippen LogP contribution in [0.1, 0.15) is 51.5 Å². The van der Waals surface area contributed by atoms with Crippen LogP contribution < -0.4 is 10.2 Å². The number of aryl methyl sites for hydroxylation is 1. The van der Waals surface area contributed by atoms with Gasteiger partial charge in [0.25, 0.3) is 0 Å². The Morgan fingerprint density at radius 3 is 2.77 bits per heavy atom. The lowest BCUT2D eigenvalue weighted by Gasteiger charge is -2.44. The summed E-state index contributed by atoms with van der Waals surface area (Å²) in [5.41, 5.74) is 2.09. The van der Waals surface area contributed by atoms with Crippen molar-refractivity contribution < 1.29 is 9.35 Å². The molecule has 31 heavy (non-hydrogen) atoms. The second kappa shape index (κ2) is 8.99. The second-order valence-corrected chi connectivity index (χ2v) is 11.7. The van der Waals surface area contributed by atoms with Gasteiger partial charge in [0.1, 0.15) is 11.1 Å². The average Bonchev–Trinajstić information content (AvgIpc) is 2.73. The molecule has 0 bridgehead atoms. The smallest absolute Gasteiger partial charge is 0.224 e. The first kappa shape index (κ1) is 22.4. The van der Waals surface area contributed by atoms with Gasteiger partial charge in [-0.25, -0.2) is 4.98 Å². The number of fused-ring (bicyclic) bond motifs is 1. The summed E-state index contributed by atoms with van der Waals surface area (Å²) in [6.45, 7) is 8.13. The normalized spacial score (nSPS) is 27.1. The third-order valence-electron chi connectivity index (χ3n) is 7.22. The molecule has 2 fully saturated rings. The molecule has 2 aromatic rings. The topological polar surface area (TPSA) is 68.3 Å². The quantitative estimate of drug-likeness (QED) is 0.722. The Hall–Kier alpha value is -1.79. The van der Waals surface area contributed by atoms with E-state index in [0.29, 0.717) is 0 Å². The molecule has 1 aliphatic heterocycles. The van der Waals surface area contributed by atoms with Gasteiger partial charge >= 0.3 is 0 Å². The van der Waals surface area contributed by atoms with Crippen LogP contribution in [0, 0.1) is 18.3 Å². The van der Waals surface area contributed by atoms with Gasteiger partial charge in [-0.1, -0.05) is 43.2 Å². The van der Waals surface area contributed by atoms with Gasteiger partial charge in [-0.2, -0.15) is 0 Å². The molecule has 168 valence electrons.